The van der Waals surface area contributed by atoms with Crippen molar-refractivity contribution in [2.75, 3.05) is 11.8 Å². The third-order valence-corrected chi connectivity index (χ3v) is 7.41. The molecule has 0 aliphatic heterocycles. The summed E-state index contributed by atoms with van der Waals surface area (Å²) in [6.45, 7) is 4.34. The predicted octanol–water partition coefficient (Wildman–Crippen LogP) is 5.82. The van der Waals surface area contributed by atoms with E-state index in [1.165, 1.54) is 12.1 Å². The normalized spacial score (nSPS) is 11.7. The molecule has 4 rings (SSSR count). The molecule has 0 aliphatic carbocycles. The number of hydrogen-bond donors (Lipinski definition) is 1. The fourth-order valence-corrected chi connectivity index (χ4v) is 5.41. The third kappa shape index (κ3) is 4.28. The molecule has 32 heavy (non-hydrogen) atoms. The number of halogens is 2. The summed E-state index contributed by atoms with van der Waals surface area (Å²) in [6, 6.07) is 14.1. The van der Waals surface area contributed by atoms with Crippen molar-refractivity contribution in [3.05, 3.63) is 81.6 Å². The largest absolute Gasteiger partial charge is 0.497 e. The van der Waals surface area contributed by atoms with Gasteiger partial charge in [0, 0.05) is 11.6 Å². The van der Waals surface area contributed by atoms with Crippen molar-refractivity contribution in [2.45, 2.75) is 25.3 Å². The third-order valence-electron chi connectivity index (χ3n) is 5.34. The molecule has 0 spiro atoms. The monoisotopic (exact) mass is 489 g/mol. The first kappa shape index (κ1) is 22.5. The topological polar surface area (TPSA) is 73.2 Å². The highest BCUT2D eigenvalue weighted by Gasteiger charge is 2.23. The fraction of sp³-hybridized carbons (Fsp3) is 0.174. The molecule has 0 saturated carbocycles. The Hall–Kier alpha value is -2.74. The van der Waals surface area contributed by atoms with Crippen LogP contribution in [0.25, 0.3) is 11.0 Å². The van der Waals surface area contributed by atoms with Crippen LogP contribution in [0.5, 0.6) is 5.75 Å². The molecule has 0 radical (unpaired) electrons. The number of rotatable bonds is 6. The summed E-state index contributed by atoms with van der Waals surface area (Å²) in [7, 11) is -2.36. The number of methoxy groups -OCH3 is 1. The van der Waals surface area contributed by atoms with Crippen molar-refractivity contribution >= 4 is 49.9 Å². The molecule has 0 atom stereocenters. The van der Waals surface area contributed by atoms with E-state index in [4.69, 9.17) is 27.9 Å². The van der Waals surface area contributed by atoms with Crippen LogP contribution >= 0.6 is 23.2 Å². The number of fused-ring (bicyclic) bond motifs is 1. The number of benzene rings is 3. The first-order chi connectivity index (χ1) is 15.2. The van der Waals surface area contributed by atoms with Crippen molar-refractivity contribution < 1.29 is 13.2 Å². The van der Waals surface area contributed by atoms with Gasteiger partial charge in [-0.2, -0.15) is 0 Å². The zero-order valence-corrected chi connectivity index (χ0v) is 20.0. The van der Waals surface area contributed by atoms with E-state index in [2.05, 4.69) is 9.71 Å². The Morgan fingerprint density at radius 2 is 1.88 bits per heavy atom. The number of aromatic nitrogens is 2. The Balaban J connectivity index is 1.78. The lowest BCUT2D eigenvalue weighted by atomic mass is 10.1. The SMILES string of the molecule is COc1cccc(Cn2cnc3c(NS(=O)(=O)c4cc(Cl)ccc4Cl)c(C)c(C)cc32)c1. The summed E-state index contributed by atoms with van der Waals surface area (Å²) < 4.78 is 36.3. The van der Waals surface area contributed by atoms with E-state index in [-0.39, 0.29) is 14.9 Å². The maximum atomic E-state index is 13.1. The minimum Gasteiger partial charge on any atom is -0.497 e. The molecule has 0 fully saturated rings. The van der Waals surface area contributed by atoms with Crippen LogP contribution in [0.15, 0.2) is 59.8 Å². The predicted molar refractivity (Wildman–Crippen MR) is 129 cm³/mol. The van der Waals surface area contributed by atoms with Gasteiger partial charge in [0.15, 0.2) is 0 Å². The van der Waals surface area contributed by atoms with Gasteiger partial charge in [-0.25, -0.2) is 13.4 Å². The van der Waals surface area contributed by atoms with E-state index in [0.29, 0.717) is 17.7 Å². The molecular formula is C23H21Cl2N3O3S. The molecule has 0 unspecified atom stereocenters. The Morgan fingerprint density at radius 3 is 2.62 bits per heavy atom. The van der Waals surface area contributed by atoms with Gasteiger partial charge >= 0.3 is 0 Å². The van der Waals surface area contributed by atoms with Gasteiger partial charge in [-0.1, -0.05) is 35.3 Å². The number of nitrogens with one attached hydrogen (secondary N) is 1. The van der Waals surface area contributed by atoms with Gasteiger partial charge in [-0.3, -0.25) is 4.72 Å². The van der Waals surface area contributed by atoms with Gasteiger partial charge in [0.05, 0.1) is 29.7 Å². The van der Waals surface area contributed by atoms with Crippen LogP contribution in [0, 0.1) is 13.8 Å². The van der Waals surface area contributed by atoms with Crippen LogP contribution < -0.4 is 9.46 Å². The summed E-state index contributed by atoms with van der Waals surface area (Å²) >= 11 is 12.2. The van der Waals surface area contributed by atoms with E-state index in [1.807, 2.05) is 48.7 Å². The van der Waals surface area contributed by atoms with Gasteiger partial charge in [-0.15, -0.1) is 0 Å². The highest BCUT2D eigenvalue weighted by atomic mass is 35.5. The molecule has 4 aromatic rings. The van der Waals surface area contributed by atoms with E-state index in [1.54, 1.807) is 19.5 Å². The molecule has 6 nitrogen and oxygen atoms in total. The lowest BCUT2D eigenvalue weighted by Gasteiger charge is -2.15. The molecule has 1 heterocycles. The highest BCUT2D eigenvalue weighted by Crippen LogP contribution is 2.33. The van der Waals surface area contributed by atoms with Gasteiger partial charge in [0.25, 0.3) is 10.0 Å². The van der Waals surface area contributed by atoms with Crippen molar-refractivity contribution in [3.63, 3.8) is 0 Å². The second kappa shape index (κ2) is 8.65. The number of nitrogens with zero attached hydrogens (tertiary/aromatic N) is 2. The van der Waals surface area contributed by atoms with E-state index >= 15 is 0 Å². The Morgan fingerprint density at radius 1 is 1.09 bits per heavy atom. The molecule has 166 valence electrons. The number of anilines is 1. The van der Waals surface area contributed by atoms with Crippen LogP contribution in [0.3, 0.4) is 0 Å². The second-order valence-corrected chi connectivity index (χ2v) is 9.96. The maximum absolute atomic E-state index is 13.1. The lowest BCUT2D eigenvalue weighted by Crippen LogP contribution is -2.15. The van der Waals surface area contributed by atoms with Crippen LogP contribution in [0.4, 0.5) is 5.69 Å². The van der Waals surface area contributed by atoms with Crippen molar-refractivity contribution in [3.8, 4) is 5.75 Å². The number of sulfonamides is 1. The van der Waals surface area contributed by atoms with E-state index in [9.17, 15) is 8.42 Å². The smallest absolute Gasteiger partial charge is 0.263 e. The number of hydrogen-bond acceptors (Lipinski definition) is 4. The summed E-state index contributed by atoms with van der Waals surface area (Å²) in [5.74, 6) is 0.769. The maximum Gasteiger partial charge on any atom is 0.263 e. The van der Waals surface area contributed by atoms with Crippen molar-refractivity contribution in [1.82, 2.24) is 9.55 Å². The van der Waals surface area contributed by atoms with Crippen molar-refractivity contribution in [2.24, 2.45) is 0 Å². The Labute approximate surface area is 196 Å². The fourth-order valence-electron chi connectivity index (χ4n) is 3.51. The van der Waals surface area contributed by atoms with Gasteiger partial charge in [0.1, 0.15) is 16.2 Å². The summed E-state index contributed by atoms with van der Waals surface area (Å²) in [6.07, 6.45) is 1.70. The molecule has 1 aromatic heterocycles. The molecule has 0 saturated heterocycles. The van der Waals surface area contributed by atoms with E-state index in [0.717, 1.165) is 28.0 Å². The number of imidazole rings is 1. The minimum absolute atomic E-state index is 0.0865. The number of aryl methyl sites for hydroxylation is 1. The molecule has 3 aromatic carbocycles. The summed E-state index contributed by atoms with van der Waals surface area (Å²) in [5, 5.41) is 0.371. The zero-order chi connectivity index (χ0) is 23.0. The number of ether oxygens (including phenoxy) is 1. The minimum atomic E-state index is -3.99. The van der Waals surface area contributed by atoms with Gasteiger partial charge < -0.3 is 9.30 Å². The first-order valence-corrected chi connectivity index (χ1v) is 12.0. The zero-order valence-electron chi connectivity index (χ0n) is 17.7. The Bertz CT molecular complexity index is 1430. The van der Waals surface area contributed by atoms with Crippen LogP contribution in [-0.2, 0) is 16.6 Å². The average molecular weight is 490 g/mol. The highest BCUT2D eigenvalue weighted by molar-refractivity contribution is 7.92. The molecular weight excluding hydrogens is 469 g/mol. The lowest BCUT2D eigenvalue weighted by molar-refractivity contribution is 0.414. The summed E-state index contributed by atoms with van der Waals surface area (Å²) in [5.41, 5.74) is 4.53. The molecule has 9 heteroatoms. The van der Waals surface area contributed by atoms with Crippen LogP contribution in [0.2, 0.25) is 10.0 Å². The van der Waals surface area contributed by atoms with Gasteiger partial charge in [0.2, 0.25) is 0 Å². The molecule has 0 bridgehead atoms. The van der Waals surface area contributed by atoms with E-state index < -0.39 is 10.0 Å². The first-order valence-electron chi connectivity index (χ1n) is 9.75. The molecule has 0 aliphatic rings. The quantitative estimate of drug-likeness (QED) is 0.370. The Kier molecular flexibility index (Phi) is 6.07. The van der Waals surface area contributed by atoms with Crippen LogP contribution in [-0.4, -0.2) is 25.1 Å². The molecule has 1 N–H and O–H groups in total. The standard InChI is InChI=1S/C23H21Cl2N3O3S/c1-14-9-20-23(26-13-28(20)12-16-5-4-6-18(10-16)31-3)22(15(14)2)27-32(29,30)21-11-17(24)7-8-19(21)25/h4-11,13,27H,12H2,1-3H3. The second-order valence-electron chi connectivity index (χ2n) is 7.47. The summed E-state index contributed by atoms with van der Waals surface area (Å²) in [4.78, 5) is 4.44. The van der Waals surface area contributed by atoms with Crippen LogP contribution in [0.1, 0.15) is 16.7 Å². The van der Waals surface area contributed by atoms with Gasteiger partial charge in [-0.05, 0) is 66.9 Å². The van der Waals surface area contributed by atoms with Crippen molar-refractivity contribution in [1.29, 1.82) is 0 Å². The average Bonchev–Trinajstić information content (AvgIpc) is 3.15. The molecule has 0 amide bonds.